The van der Waals surface area contributed by atoms with E-state index in [9.17, 15) is 15.0 Å². The van der Waals surface area contributed by atoms with Crippen LogP contribution in [0.1, 0.15) is 40.5 Å². The van der Waals surface area contributed by atoms with E-state index >= 15 is 0 Å². The summed E-state index contributed by atoms with van der Waals surface area (Å²) in [6.45, 7) is 6.35. The van der Waals surface area contributed by atoms with Gasteiger partial charge in [0.2, 0.25) is 0 Å². The molecule has 0 amide bonds. The second-order valence-corrected chi connectivity index (χ2v) is 5.43. The molecule has 0 aliphatic carbocycles. The topological polar surface area (TPSA) is 76.0 Å². The summed E-state index contributed by atoms with van der Waals surface area (Å²) in [5.74, 6) is -0.426. The SMILES string of the molecule is CC(=O)OC[C@@H](O)[C@]1(C)CC[C@H](C(C)(C)O)O1. The quantitative estimate of drug-likeness (QED) is 0.711. The predicted molar refractivity (Wildman–Crippen MR) is 61.4 cm³/mol. The molecule has 5 heteroatoms. The Morgan fingerprint density at radius 1 is 1.65 bits per heavy atom. The molecule has 0 radical (unpaired) electrons. The van der Waals surface area contributed by atoms with E-state index in [4.69, 9.17) is 9.47 Å². The van der Waals surface area contributed by atoms with Crippen molar-refractivity contribution in [1.29, 1.82) is 0 Å². The van der Waals surface area contributed by atoms with Crippen LogP contribution in [0.5, 0.6) is 0 Å². The molecular formula is C12H22O5. The lowest BCUT2D eigenvalue weighted by Gasteiger charge is -2.33. The molecule has 0 aromatic carbocycles. The average Bonchev–Trinajstić information content (AvgIpc) is 2.58. The van der Waals surface area contributed by atoms with E-state index in [-0.39, 0.29) is 12.7 Å². The number of ether oxygens (including phenoxy) is 2. The molecule has 1 fully saturated rings. The van der Waals surface area contributed by atoms with E-state index in [0.29, 0.717) is 12.8 Å². The summed E-state index contributed by atoms with van der Waals surface area (Å²) in [7, 11) is 0. The zero-order valence-electron chi connectivity index (χ0n) is 10.9. The normalized spacial score (nSPS) is 31.3. The van der Waals surface area contributed by atoms with Gasteiger partial charge in [0.15, 0.2) is 0 Å². The van der Waals surface area contributed by atoms with Gasteiger partial charge in [0, 0.05) is 6.92 Å². The lowest BCUT2D eigenvalue weighted by Crippen LogP contribution is -2.45. The van der Waals surface area contributed by atoms with Gasteiger partial charge < -0.3 is 19.7 Å². The zero-order chi connectivity index (χ0) is 13.3. The third-order valence-electron chi connectivity index (χ3n) is 3.25. The monoisotopic (exact) mass is 246 g/mol. The maximum absolute atomic E-state index is 10.7. The van der Waals surface area contributed by atoms with Crippen LogP contribution in [0.25, 0.3) is 0 Å². The average molecular weight is 246 g/mol. The van der Waals surface area contributed by atoms with E-state index in [1.165, 1.54) is 6.92 Å². The van der Waals surface area contributed by atoms with E-state index < -0.39 is 23.3 Å². The Kier molecular flexibility index (Phi) is 4.17. The van der Waals surface area contributed by atoms with E-state index in [2.05, 4.69) is 0 Å². The van der Waals surface area contributed by atoms with Crippen LogP contribution in [-0.4, -0.2) is 46.2 Å². The first-order valence-electron chi connectivity index (χ1n) is 5.87. The number of rotatable bonds is 4. The molecule has 0 aromatic heterocycles. The van der Waals surface area contributed by atoms with Gasteiger partial charge in [-0.2, -0.15) is 0 Å². The van der Waals surface area contributed by atoms with Crippen LogP contribution in [-0.2, 0) is 14.3 Å². The largest absolute Gasteiger partial charge is 0.463 e. The summed E-state index contributed by atoms with van der Waals surface area (Å²) in [6.07, 6.45) is 0.125. The molecule has 1 heterocycles. The fraction of sp³-hybridized carbons (Fsp3) is 0.917. The minimum Gasteiger partial charge on any atom is -0.463 e. The van der Waals surface area contributed by atoms with Crippen molar-refractivity contribution in [3.8, 4) is 0 Å². The number of aliphatic hydroxyl groups excluding tert-OH is 1. The maximum Gasteiger partial charge on any atom is 0.302 e. The van der Waals surface area contributed by atoms with Gasteiger partial charge >= 0.3 is 5.97 Å². The van der Waals surface area contributed by atoms with Crippen LogP contribution < -0.4 is 0 Å². The van der Waals surface area contributed by atoms with Crippen LogP contribution >= 0.6 is 0 Å². The lowest BCUT2D eigenvalue weighted by molar-refractivity contribution is -0.171. The Morgan fingerprint density at radius 2 is 2.24 bits per heavy atom. The fourth-order valence-electron chi connectivity index (χ4n) is 1.98. The molecule has 2 N–H and O–H groups in total. The molecule has 0 unspecified atom stereocenters. The molecule has 1 aliphatic heterocycles. The smallest absolute Gasteiger partial charge is 0.302 e. The van der Waals surface area contributed by atoms with Crippen LogP contribution in [0.2, 0.25) is 0 Å². The second kappa shape index (κ2) is 4.92. The highest BCUT2D eigenvalue weighted by Gasteiger charge is 2.46. The standard InChI is InChI=1S/C12H22O5/c1-8(13)16-7-9(14)12(4)6-5-10(17-12)11(2,3)15/h9-10,14-15H,5-7H2,1-4H3/t9-,10-,12+/m1/s1. The molecule has 0 bridgehead atoms. The number of carbonyl (C=O) groups excluding carboxylic acids is 1. The molecule has 1 aliphatic rings. The van der Waals surface area contributed by atoms with Gasteiger partial charge in [-0.1, -0.05) is 0 Å². The van der Waals surface area contributed by atoms with Crippen molar-refractivity contribution in [3.63, 3.8) is 0 Å². The van der Waals surface area contributed by atoms with Crippen molar-refractivity contribution >= 4 is 5.97 Å². The van der Waals surface area contributed by atoms with Crippen molar-refractivity contribution < 1.29 is 24.5 Å². The first kappa shape index (κ1) is 14.4. The van der Waals surface area contributed by atoms with Crippen LogP contribution in [0.15, 0.2) is 0 Å². The third kappa shape index (κ3) is 3.66. The van der Waals surface area contributed by atoms with Crippen molar-refractivity contribution in [2.75, 3.05) is 6.61 Å². The minimum absolute atomic E-state index is 0.0790. The zero-order valence-corrected chi connectivity index (χ0v) is 10.9. The molecule has 17 heavy (non-hydrogen) atoms. The van der Waals surface area contributed by atoms with Crippen molar-refractivity contribution in [1.82, 2.24) is 0 Å². The lowest BCUT2D eigenvalue weighted by atomic mass is 9.94. The summed E-state index contributed by atoms with van der Waals surface area (Å²) in [5.41, 5.74) is -1.70. The van der Waals surface area contributed by atoms with Gasteiger partial charge in [-0.05, 0) is 33.6 Å². The van der Waals surface area contributed by atoms with Crippen LogP contribution in [0.4, 0.5) is 0 Å². The van der Waals surface area contributed by atoms with E-state index in [1.54, 1.807) is 20.8 Å². The van der Waals surface area contributed by atoms with E-state index in [0.717, 1.165) is 0 Å². The maximum atomic E-state index is 10.7. The molecular weight excluding hydrogens is 224 g/mol. The van der Waals surface area contributed by atoms with Gasteiger partial charge in [0.25, 0.3) is 0 Å². The molecule has 100 valence electrons. The van der Waals surface area contributed by atoms with Crippen molar-refractivity contribution in [3.05, 3.63) is 0 Å². The van der Waals surface area contributed by atoms with Gasteiger partial charge in [-0.3, -0.25) is 4.79 Å². The molecule has 0 spiro atoms. The Balaban J connectivity index is 2.56. The fourth-order valence-corrected chi connectivity index (χ4v) is 1.98. The molecule has 3 atom stereocenters. The van der Waals surface area contributed by atoms with E-state index in [1.807, 2.05) is 0 Å². The Morgan fingerprint density at radius 3 is 2.65 bits per heavy atom. The van der Waals surface area contributed by atoms with Gasteiger partial charge in [-0.25, -0.2) is 0 Å². The highest BCUT2D eigenvalue weighted by Crippen LogP contribution is 2.37. The second-order valence-electron chi connectivity index (χ2n) is 5.43. The summed E-state index contributed by atoms with van der Waals surface area (Å²) < 4.78 is 10.5. The number of aliphatic hydroxyl groups is 2. The summed E-state index contributed by atoms with van der Waals surface area (Å²) in [5, 5.41) is 19.8. The first-order valence-corrected chi connectivity index (χ1v) is 5.87. The molecule has 1 rings (SSSR count). The minimum atomic E-state index is -0.932. The third-order valence-corrected chi connectivity index (χ3v) is 3.25. The predicted octanol–water partition coefficient (Wildman–Crippen LogP) is 0.619. The summed E-state index contributed by atoms with van der Waals surface area (Å²) in [6, 6.07) is 0. The molecule has 1 saturated heterocycles. The number of hydrogen-bond donors (Lipinski definition) is 2. The molecule has 5 nitrogen and oxygen atoms in total. The van der Waals surface area contributed by atoms with Gasteiger partial charge in [0.05, 0.1) is 17.3 Å². The Bertz CT molecular complexity index is 283. The van der Waals surface area contributed by atoms with Crippen LogP contribution in [0.3, 0.4) is 0 Å². The number of esters is 1. The Labute approximate surface area is 102 Å². The van der Waals surface area contributed by atoms with Gasteiger partial charge in [0.1, 0.15) is 12.7 Å². The van der Waals surface area contributed by atoms with Crippen molar-refractivity contribution in [2.24, 2.45) is 0 Å². The van der Waals surface area contributed by atoms with Crippen LogP contribution in [0, 0.1) is 0 Å². The summed E-state index contributed by atoms with van der Waals surface area (Å²) >= 11 is 0. The van der Waals surface area contributed by atoms with Gasteiger partial charge in [-0.15, -0.1) is 0 Å². The number of carbonyl (C=O) groups is 1. The molecule has 0 aromatic rings. The first-order chi connectivity index (χ1) is 7.65. The Hall–Kier alpha value is -0.650. The van der Waals surface area contributed by atoms with Crippen molar-refractivity contribution in [2.45, 2.75) is 63.9 Å². The highest BCUT2D eigenvalue weighted by molar-refractivity contribution is 5.65. The highest BCUT2D eigenvalue weighted by atomic mass is 16.6. The number of hydrogen-bond acceptors (Lipinski definition) is 5. The molecule has 0 saturated carbocycles. The summed E-state index contributed by atoms with van der Waals surface area (Å²) in [4.78, 5) is 10.7.